The number of nitriles is 1. The quantitative estimate of drug-likeness (QED) is 0.649. The molecule has 14 heavy (non-hydrogen) atoms. The third kappa shape index (κ3) is 2.73. The van der Waals surface area contributed by atoms with Crippen LogP contribution in [0.1, 0.15) is 19.3 Å². The first kappa shape index (κ1) is 11.0. The van der Waals surface area contributed by atoms with Crippen molar-refractivity contribution in [3.63, 3.8) is 0 Å². The summed E-state index contributed by atoms with van der Waals surface area (Å²) in [5.74, 6) is 2.53. The second-order valence-electron chi connectivity index (χ2n) is 3.91. The molecule has 0 aromatic heterocycles. The molecule has 0 aromatic rings. The molecule has 1 unspecified atom stereocenters. The van der Waals surface area contributed by atoms with Crippen molar-refractivity contribution in [3.8, 4) is 18.4 Å². The highest BCUT2D eigenvalue weighted by Crippen LogP contribution is 2.20. The van der Waals surface area contributed by atoms with Gasteiger partial charge in [0.25, 0.3) is 0 Å². The summed E-state index contributed by atoms with van der Waals surface area (Å²) in [6.45, 7) is 2.52. The number of likely N-dealkylation sites (tertiary alicyclic amines) is 1. The number of nitrogens with zero attached hydrogens (tertiary/aromatic N) is 2. The second kappa shape index (κ2) is 5.00. The first-order chi connectivity index (χ1) is 6.72. The Morgan fingerprint density at radius 2 is 2.29 bits per heavy atom. The van der Waals surface area contributed by atoms with Crippen LogP contribution >= 0.6 is 0 Å². The van der Waals surface area contributed by atoms with Crippen LogP contribution in [-0.4, -0.2) is 37.1 Å². The molecule has 76 valence electrons. The molecule has 0 radical (unpaired) electrons. The summed E-state index contributed by atoms with van der Waals surface area (Å²) < 4.78 is 0. The summed E-state index contributed by atoms with van der Waals surface area (Å²) in [5.41, 5.74) is -0.392. The van der Waals surface area contributed by atoms with Crippen LogP contribution in [0.3, 0.4) is 0 Å². The predicted molar refractivity (Wildman–Crippen MR) is 56.5 cm³/mol. The number of hydrogen-bond acceptors (Lipinski definition) is 3. The minimum absolute atomic E-state index is 0.392. The average Bonchev–Trinajstić information content (AvgIpc) is 2.39. The molecular weight excluding hydrogens is 174 g/mol. The van der Waals surface area contributed by atoms with Crippen molar-refractivity contribution in [2.24, 2.45) is 0 Å². The maximum Gasteiger partial charge on any atom is 0.108 e. The van der Waals surface area contributed by atoms with E-state index in [0.29, 0.717) is 6.54 Å². The smallest absolute Gasteiger partial charge is 0.108 e. The van der Waals surface area contributed by atoms with Gasteiger partial charge in [-0.25, -0.2) is 0 Å². The van der Waals surface area contributed by atoms with Crippen molar-refractivity contribution in [1.82, 2.24) is 10.2 Å². The zero-order valence-corrected chi connectivity index (χ0v) is 8.71. The molecule has 1 atom stereocenters. The molecule has 1 aliphatic heterocycles. The Morgan fingerprint density at radius 1 is 1.50 bits per heavy atom. The summed E-state index contributed by atoms with van der Waals surface area (Å²) in [6, 6.07) is 2.38. The average molecular weight is 191 g/mol. The van der Waals surface area contributed by atoms with Gasteiger partial charge in [0.1, 0.15) is 5.54 Å². The van der Waals surface area contributed by atoms with Crippen LogP contribution in [0, 0.1) is 23.7 Å². The molecule has 0 bridgehead atoms. The molecule has 1 heterocycles. The lowest BCUT2D eigenvalue weighted by Gasteiger charge is -2.25. The van der Waals surface area contributed by atoms with E-state index in [1.165, 1.54) is 0 Å². The van der Waals surface area contributed by atoms with E-state index < -0.39 is 5.54 Å². The van der Waals surface area contributed by atoms with Gasteiger partial charge < -0.3 is 4.90 Å². The zero-order chi connectivity index (χ0) is 10.4. The minimum Gasteiger partial charge on any atom is -0.306 e. The Kier molecular flexibility index (Phi) is 3.95. The molecule has 1 saturated heterocycles. The molecule has 0 aliphatic carbocycles. The van der Waals surface area contributed by atoms with E-state index in [2.05, 4.69) is 29.3 Å². The molecule has 3 nitrogen and oxygen atoms in total. The Bertz CT molecular complexity index is 261. The maximum absolute atomic E-state index is 9.18. The topological polar surface area (TPSA) is 39.1 Å². The van der Waals surface area contributed by atoms with E-state index in [4.69, 9.17) is 6.42 Å². The summed E-state index contributed by atoms with van der Waals surface area (Å²) in [5, 5.41) is 12.4. The minimum atomic E-state index is -0.392. The molecule has 1 aliphatic rings. The van der Waals surface area contributed by atoms with Gasteiger partial charge in [-0.15, -0.1) is 6.42 Å². The molecule has 0 aromatic carbocycles. The van der Waals surface area contributed by atoms with Crippen molar-refractivity contribution >= 4 is 0 Å². The van der Waals surface area contributed by atoms with E-state index in [-0.39, 0.29) is 0 Å². The van der Waals surface area contributed by atoms with Crippen LogP contribution in [0.2, 0.25) is 0 Å². The first-order valence-electron chi connectivity index (χ1n) is 5.01. The van der Waals surface area contributed by atoms with E-state index in [0.717, 1.165) is 32.4 Å². The maximum atomic E-state index is 9.18. The number of terminal acetylenes is 1. The summed E-state index contributed by atoms with van der Waals surface area (Å²) in [7, 11) is 2.09. The number of hydrogen-bond donors (Lipinski definition) is 1. The highest BCUT2D eigenvalue weighted by molar-refractivity contribution is 5.10. The van der Waals surface area contributed by atoms with E-state index in [1.54, 1.807) is 0 Å². The van der Waals surface area contributed by atoms with Crippen LogP contribution in [0.4, 0.5) is 0 Å². The molecule has 1 N–H and O–H groups in total. The van der Waals surface area contributed by atoms with Gasteiger partial charge in [-0.05, 0) is 32.9 Å². The lowest BCUT2D eigenvalue weighted by Crippen LogP contribution is -2.44. The first-order valence-corrected chi connectivity index (χ1v) is 5.01. The van der Waals surface area contributed by atoms with Gasteiger partial charge in [-0.2, -0.15) is 5.26 Å². The largest absolute Gasteiger partial charge is 0.306 e. The van der Waals surface area contributed by atoms with Crippen LogP contribution in [0.15, 0.2) is 0 Å². The Balaban J connectivity index is 2.60. The highest BCUT2D eigenvalue weighted by Gasteiger charge is 2.30. The number of rotatable bonds is 2. The highest BCUT2D eigenvalue weighted by atomic mass is 15.1. The molecule has 3 heteroatoms. The van der Waals surface area contributed by atoms with Gasteiger partial charge in [0, 0.05) is 6.54 Å². The van der Waals surface area contributed by atoms with Crippen LogP contribution in [-0.2, 0) is 0 Å². The summed E-state index contributed by atoms with van der Waals surface area (Å²) in [6.07, 6.45) is 8.01. The molecule has 0 spiro atoms. The fourth-order valence-corrected chi connectivity index (χ4v) is 1.82. The van der Waals surface area contributed by atoms with Crippen molar-refractivity contribution in [2.45, 2.75) is 24.8 Å². The normalized spacial score (nSPS) is 28.8. The Morgan fingerprint density at radius 3 is 2.93 bits per heavy atom. The van der Waals surface area contributed by atoms with E-state index in [9.17, 15) is 5.26 Å². The fourth-order valence-electron chi connectivity index (χ4n) is 1.82. The monoisotopic (exact) mass is 191 g/mol. The molecule has 0 amide bonds. The Labute approximate surface area is 86.1 Å². The van der Waals surface area contributed by atoms with Crippen molar-refractivity contribution in [1.29, 1.82) is 5.26 Å². The van der Waals surface area contributed by atoms with E-state index in [1.807, 2.05) is 0 Å². The second-order valence-corrected chi connectivity index (χ2v) is 3.91. The third-order valence-corrected chi connectivity index (χ3v) is 2.81. The SMILES string of the molecule is C#CCNC1(C#N)CCCN(C)CC1. The van der Waals surface area contributed by atoms with Gasteiger partial charge in [0.2, 0.25) is 0 Å². The third-order valence-electron chi connectivity index (χ3n) is 2.81. The standard InChI is InChI=1S/C11H17N3/c1-3-7-13-11(10-12)5-4-8-14(2)9-6-11/h1,13H,4-9H2,2H3. The molecule has 0 saturated carbocycles. The number of nitrogens with one attached hydrogen (secondary N) is 1. The molecule has 1 fully saturated rings. The van der Waals surface area contributed by atoms with Gasteiger partial charge in [0.05, 0.1) is 12.6 Å². The van der Waals surface area contributed by atoms with Gasteiger partial charge in [0.15, 0.2) is 0 Å². The van der Waals surface area contributed by atoms with Gasteiger partial charge in [-0.3, -0.25) is 5.32 Å². The lowest BCUT2D eigenvalue weighted by molar-refractivity contribution is 0.331. The van der Waals surface area contributed by atoms with Gasteiger partial charge in [-0.1, -0.05) is 5.92 Å². The van der Waals surface area contributed by atoms with Crippen LogP contribution < -0.4 is 5.32 Å². The van der Waals surface area contributed by atoms with E-state index >= 15 is 0 Å². The zero-order valence-electron chi connectivity index (χ0n) is 8.71. The summed E-state index contributed by atoms with van der Waals surface area (Å²) >= 11 is 0. The van der Waals surface area contributed by atoms with Gasteiger partial charge >= 0.3 is 0 Å². The lowest BCUT2D eigenvalue weighted by atomic mass is 9.92. The Hall–Kier alpha value is -1.03. The van der Waals surface area contributed by atoms with Crippen molar-refractivity contribution in [2.75, 3.05) is 26.7 Å². The molecular formula is C11H17N3. The predicted octanol–water partition coefficient (Wildman–Crippen LogP) is 0.587. The van der Waals surface area contributed by atoms with Crippen LogP contribution in [0.25, 0.3) is 0 Å². The molecule has 1 rings (SSSR count). The van der Waals surface area contributed by atoms with Crippen LogP contribution in [0.5, 0.6) is 0 Å². The summed E-state index contributed by atoms with van der Waals surface area (Å²) in [4.78, 5) is 2.26. The van der Waals surface area contributed by atoms with Crippen molar-refractivity contribution in [3.05, 3.63) is 0 Å². The van der Waals surface area contributed by atoms with Crippen molar-refractivity contribution < 1.29 is 0 Å². The fraction of sp³-hybridized carbons (Fsp3) is 0.727.